The first kappa shape index (κ1) is 12.6. The van der Waals surface area contributed by atoms with Gasteiger partial charge in [-0.25, -0.2) is 9.78 Å². The highest BCUT2D eigenvalue weighted by atomic mass is 16.5. The van der Waals surface area contributed by atoms with Gasteiger partial charge in [0.25, 0.3) is 0 Å². The third-order valence-electron chi connectivity index (χ3n) is 2.72. The Balaban J connectivity index is 2.00. The largest absolute Gasteiger partial charge is 0.466 e. The fraction of sp³-hybridized carbons (Fsp3) is 0.385. The van der Waals surface area contributed by atoms with Gasteiger partial charge in [0, 0.05) is 25.4 Å². The van der Waals surface area contributed by atoms with Crippen molar-refractivity contribution in [2.75, 3.05) is 38.3 Å². The van der Waals surface area contributed by atoms with Crippen molar-refractivity contribution in [3.63, 3.8) is 0 Å². The number of hydrogen-bond acceptors (Lipinski definition) is 5. The van der Waals surface area contributed by atoms with Crippen LogP contribution < -0.4 is 4.90 Å². The molecule has 0 aromatic carbocycles. The Morgan fingerprint density at radius 1 is 1.44 bits per heavy atom. The van der Waals surface area contributed by atoms with Gasteiger partial charge in [0.1, 0.15) is 5.82 Å². The molecule has 0 amide bonds. The number of carbonyl (C=O) groups is 1. The molecule has 0 saturated carbocycles. The number of aromatic nitrogens is 1. The second kappa shape index (κ2) is 6.16. The maximum absolute atomic E-state index is 10.9. The third-order valence-corrected chi connectivity index (χ3v) is 2.72. The smallest absolute Gasteiger partial charge is 0.330 e. The van der Waals surface area contributed by atoms with Gasteiger partial charge in [-0.2, -0.15) is 0 Å². The number of pyridine rings is 1. The van der Waals surface area contributed by atoms with Gasteiger partial charge in [-0.1, -0.05) is 0 Å². The number of rotatable bonds is 3. The second-order valence-corrected chi connectivity index (χ2v) is 3.91. The van der Waals surface area contributed by atoms with Crippen molar-refractivity contribution >= 4 is 17.9 Å². The van der Waals surface area contributed by atoms with Crippen LogP contribution in [-0.4, -0.2) is 44.4 Å². The Hall–Kier alpha value is -1.88. The van der Waals surface area contributed by atoms with Gasteiger partial charge < -0.3 is 14.4 Å². The zero-order valence-electron chi connectivity index (χ0n) is 10.3. The molecule has 0 N–H and O–H groups in total. The second-order valence-electron chi connectivity index (χ2n) is 3.91. The molecular formula is C13H16N2O3. The summed E-state index contributed by atoms with van der Waals surface area (Å²) in [6.45, 7) is 3.21. The molecule has 0 spiro atoms. The van der Waals surface area contributed by atoms with E-state index in [-0.39, 0.29) is 5.97 Å². The minimum atomic E-state index is -0.368. The summed E-state index contributed by atoms with van der Waals surface area (Å²) in [7, 11) is 1.35. The van der Waals surface area contributed by atoms with Crippen LogP contribution in [-0.2, 0) is 14.3 Å². The molecule has 1 aliphatic heterocycles. The average molecular weight is 248 g/mol. The monoisotopic (exact) mass is 248 g/mol. The van der Waals surface area contributed by atoms with Crippen LogP contribution >= 0.6 is 0 Å². The molecule has 1 aromatic rings. The number of carbonyl (C=O) groups excluding carboxylic acids is 1. The minimum Gasteiger partial charge on any atom is -0.466 e. The molecular weight excluding hydrogens is 232 g/mol. The van der Waals surface area contributed by atoms with E-state index < -0.39 is 0 Å². The first-order valence-corrected chi connectivity index (χ1v) is 5.84. The molecule has 18 heavy (non-hydrogen) atoms. The summed E-state index contributed by atoms with van der Waals surface area (Å²) >= 11 is 0. The highest BCUT2D eigenvalue weighted by molar-refractivity contribution is 5.86. The van der Waals surface area contributed by atoms with Crippen LogP contribution in [0.25, 0.3) is 6.08 Å². The van der Waals surface area contributed by atoms with Crippen LogP contribution in [0.3, 0.4) is 0 Å². The van der Waals surface area contributed by atoms with Crippen LogP contribution in [0, 0.1) is 0 Å². The highest BCUT2D eigenvalue weighted by Gasteiger charge is 2.11. The standard InChI is InChI=1S/C13H16N2O3/c1-17-13(16)5-3-11-2-4-12(14-10-11)15-6-8-18-9-7-15/h2-5,10H,6-9H2,1H3/b5-3+. The summed E-state index contributed by atoms with van der Waals surface area (Å²) in [5.41, 5.74) is 0.873. The van der Waals surface area contributed by atoms with Crippen LogP contribution in [0.4, 0.5) is 5.82 Å². The van der Waals surface area contributed by atoms with Crippen LogP contribution in [0.15, 0.2) is 24.4 Å². The number of morpholine rings is 1. The number of nitrogens with zero attached hydrogens (tertiary/aromatic N) is 2. The average Bonchev–Trinajstić information content (AvgIpc) is 2.46. The quantitative estimate of drug-likeness (QED) is 0.592. The SMILES string of the molecule is COC(=O)/C=C/c1ccc(N2CCOCC2)nc1. The molecule has 1 fully saturated rings. The van der Waals surface area contributed by atoms with Crippen LogP contribution in [0.5, 0.6) is 0 Å². The van der Waals surface area contributed by atoms with Crippen molar-refractivity contribution in [2.24, 2.45) is 0 Å². The van der Waals surface area contributed by atoms with Crippen molar-refractivity contribution in [3.8, 4) is 0 Å². The zero-order valence-corrected chi connectivity index (χ0v) is 10.3. The molecule has 2 rings (SSSR count). The molecule has 1 aromatic heterocycles. The predicted octanol–water partition coefficient (Wildman–Crippen LogP) is 1.10. The summed E-state index contributed by atoms with van der Waals surface area (Å²) in [5.74, 6) is 0.570. The number of hydrogen-bond donors (Lipinski definition) is 0. The Morgan fingerprint density at radius 2 is 2.22 bits per heavy atom. The van der Waals surface area contributed by atoms with E-state index in [2.05, 4.69) is 14.6 Å². The van der Waals surface area contributed by atoms with Crippen LogP contribution in [0.2, 0.25) is 0 Å². The predicted molar refractivity (Wildman–Crippen MR) is 68.3 cm³/mol. The summed E-state index contributed by atoms with van der Waals surface area (Å²) in [6, 6.07) is 3.87. The van der Waals surface area contributed by atoms with Gasteiger partial charge in [0.05, 0.1) is 20.3 Å². The molecule has 0 radical (unpaired) electrons. The molecule has 0 bridgehead atoms. The van der Waals surface area contributed by atoms with Crippen molar-refractivity contribution in [2.45, 2.75) is 0 Å². The Bertz CT molecular complexity index is 422. The van der Waals surface area contributed by atoms with Crippen LogP contribution in [0.1, 0.15) is 5.56 Å². The summed E-state index contributed by atoms with van der Waals surface area (Å²) in [4.78, 5) is 17.5. The van der Waals surface area contributed by atoms with Crippen molar-refractivity contribution in [1.29, 1.82) is 0 Å². The molecule has 5 nitrogen and oxygen atoms in total. The van der Waals surface area contributed by atoms with E-state index in [4.69, 9.17) is 4.74 Å². The van der Waals surface area contributed by atoms with E-state index >= 15 is 0 Å². The Labute approximate surface area is 106 Å². The summed E-state index contributed by atoms with van der Waals surface area (Å²) in [5, 5.41) is 0. The Morgan fingerprint density at radius 3 is 2.83 bits per heavy atom. The fourth-order valence-corrected chi connectivity index (χ4v) is 1.71. The molecule has 0 aliphatic carbocycles. The lowest BCUT2D eigenvalue weighted by Crippen LogP contribution is -2.36. The van der Waals surface area contributed by atoms with E-state index in [1.165, 1.54) is 13.2 Å². The highest BCUT2D eigenvalue weighted by Crippen LogP contribution is 2.13. The number of methoxy groups -OCH3 is 1. The summed E-state index contributed by atoms with van der Waals surface area (Å²) < 4.78 is 9.81. The van der Waals surface area contributed by atoms with Gasteiger partial charge in [0.2, 0.25) is 0 Å². The summed E-state index contributed by atoms with van der Waals surface area (Å²) in [6.07, 6.45) is 4.80. The fourth-order valence-electron chi connectivity index (χ4n) is 1.71. The van der Waals surface area contributed by atoms with E-state index in [1.807, 2.05) is 12.1 Å². The maximum Gasteiger partial charge on any atom is 0.330 e. The van der Waals surface area contributed by atoms with E-state index in [0.717, 1.165) is 37.7 Å². The van der Waals surface area contributed by atoms with Gasteiger partial charge in [-0.3, -0.25) is 0 Å². The van der Waals surface area contributed by atoms with Crippen molar-refractivity contribution < 1.29 is 14.3 Å². The molecule has 1 aliphatic rings. The van der Waals surface area contributed by atoms with Gasteiger partial charge in [0.15, 0.2) is 0 Å². The number of esters is 1. The first-order chi connectivity index (χ1) is 8.79. The zero-order chi connectivity index (χ0) is 12.8. The molecule has 1 saturated heterocycles. The van der Waals surface area contributed by atoms with Gasteiger partial charge in [-0.05, 0) is 23.8 Å². The van der Waals surface area contributed by atoms with E-state index in [0.29, 0.717) is 0 Å². The number of anilines is 1. The van der Waals surface area contributed by atoms with E-state index in [9.17, 15) is 4.79 Å². The molecule has 0 atom stereocenters. The molecule has 2 heterocycles. The normalized spacial score (nSPS) is 15.9. The molecule has 5 heteroatoms. The number of ether oxygens (including phenoxy) is 2. The van der Waals surface area contributed by atoms with Crippen molar-refractivity contribution in [1.82, 2.24) is 4.98 Å². The van der Waals surface area contributed by atoms with Gasteiger partial charge in [-0.15, -0.1) is 0 Å². The molecule has 96 valence electrons. The molecule has 0 unspecified atom stereocenters. The lowest BCUT2D eigenvalue weighted by Gasteiger charge is -2.27. The lowest BCUT2D eigenvalue weighted by atomic mass is 10.2. The first-order valence-electron chi connectivity index (χ1n) is 5.84. The topological polar surface area (TPSA) is 51.7 Å². The van der Waals surface area contributed by atoms with Crippen molar-refractivity contribution in [3.05, 3.63) is 30.0 Å². The lowest BCUT2D eigenvalue weighted by molar-refractivity contribution is -0.134. The Kier molecular flexibility index (Phi) is 4.30. The van der Waals surface area contributed by atoms with E-state index in [1.54, 1.807) is 12.3 Å². The maximum atomic E-state index is 10.9. The van der Waals surface area contributed by atoms with Gasteiger partial charge >= 0.3 is 5.97 Å². The third kappa shape index (κ3) is 3.30. The minimum absolute atomic E-state index is 0.368.